The van der Waals surface area contributed by atoms with Crippen molar-refractivity contribution in [3.8, 4) is 23.0 Å². The number of aliphatic hydroxyl groups excluding tert-OH is 1. The Morgan fingerprint density at radius 1 is 1.17 bits per heavy atom. The van der Waals surface area contributed by atoms with E-state index < -0.39 is 28.9 Å². The Morgan fingerprint density at radius 2 is 2.04 bits per heavy atom. The van der Waals surface area contributed by atoms with E-state index in [0.29, 0.717) is 72.9 Å². The number of hydrogen-bond donors (Lipinski definition) is 2. The number of ether oxygens (including phenoxy) is 2. The first-order chi connectivity index (χ1) is 22.2. The molecule has 6 heterocycles. The minimum Gasteiger partial charge on any atom is -0.508 e. The maximum absolute atomic E-state index is 16.9. The Kier molecular flexibility index (Phi) is 7.04. The van der Waals surface area contributed by atoms with Crippen molar-refractivity contribution >= 4 is 27.5 Å². The summed E-state index contributed by atoms with van der Waals surface area (Å²) in [5, 5.41) is 22.2. The summed E-state index contributed by atoms with van der Waals surface area (Å²) in [5.74, 6) is -0.872. The number of rotatable bonds is 7. The summed E-state index contributed by atoms with van der Waals surface area (Å²) in [6, 6.07) is 5.76. The van der Waals surface area contributed by atoms with E-state index in [1.807, 2.05) is 11.8 Å². The molecule has 4 aliphatic rings. The van der Waals surface area contributed by atoms with Gasteiger partial charge in [-0.2, -0.15) is 9.97 Å². The minimum atomic E-state index is -0.934. The van der Waals surface area contributed by atoms with Crippen LogP contribution in [0.25, 0.3) is 32.9 Å². The number of alkyl halides is 1. The lowest BCUT2D eigenvalue weighted by molar-refractivity contribution is -0.0823. The second-order valence-electron chi connectivity index (χ2n) is 13.3. The van der Waals surface area contributed by atoms with Crippen molar-refractivity contribution in [1.82, 2.24) is 19.9 Å². The van der Waals surface area contributed by atoms with E-state index in [-0.39, 0.29) is 47.8 Å². The fourth-order valence-corrected chi connectivity index (χ4v) is 8.40. The van der Waals surface area contributed by atoms with E-state index in [1.54, 1.807) is 6.07 Å². The Bertz CT molecular complexity index is 1860. The van der Waals surface area contributed by atoms with Crippen molar-refractivity contribution in [3.63, 3.8) is 0 Å². The zero-order chi connectivity index (χ0) is 31.8. The summed E-state index contributed by atoms with van der Waals surface area (Å²) in [7, 11) is 0. The second kappa shape index (κ2) is 10.9. The molecule has 0 radical (unpaired) electrons. The average molecular weight is 636 g/mol. The number of benzene rings is 2. The highest BCUT2D eigenvalue weighted by Crippen LogP contribution is 2.44. The first-order valence-electron chi connectivity index (χ1n) is 16.1. The van der Waals surface area contributed by atoms with Crippen molar-refractivity contribution in [2.24, 2.45) is 0 Å². The first-order valence-corrected chi connectivity index (χ1v) is 16.1. The Morgan fingerprint density at radius 3 is 2.85 bits per heavy atom. The van der Waals surface area contributed by atoms with Gasteiger partial charge in [0.25, 0.3) is 0 Å². The van der Waals surface area contributed by atoms with Crippen LogP contribution in [0.3, 0.4) is 0 Å². The van der Waals surface area contributed by atoms with Crippen LogP contribution >= 0.6 is 0 Å². The number of nitrogens with zero attached hydrogens (tertiary/aromatic N) is 5. The monoisotopic (exact) mass is 635 g/mol. The number of aromatic hydroxyl groups is 1. The molecule has 2 unspecified atom stereocenters. The van der Waals surface area contributed by atoms with Crippen molar-refractivity contribution in [1.29, 1.82) is 0 Å². The fourth-order valence-electron chi connectivity index (χ4n) is 8.40. The van der Waals surface area contributed by atoms with Gasteiger partial charge < -0.3 is 24.6 Å². The number of anilines is 1. The number of phenolic OH excluding ortho intramolecular Hbond substituents is 1. The molecule has 242 valence electrons. The van der Waals surface area contributed by atoms with Gasteiger partial charge in [-0.15, -0.1) is 0 Å². The van der Waals surface area contributed by atoms with Crippen LogP contribution in [0.2, 0.25) is 0 Å². The normalized spacial score (nSPS) is 27.6. The number of halogens is 3. The molecule has 2 aromatic carbocycles. The average Bonchev–Trinajstić information content (AvgIpc) is 3.67. The van der Waals surface area contributed by atoms with Crippen LogP contribution in [-0.2, 0) is 11.2 Å². The van der Waals surface area contributed by atoms with Gasteiger partial charge in [0.2, 0.25) is 0 Å². The molecule has 0 aliphatic carbocycles. The van der Waals surface area contributed by atoms with Crippen molar-refractivity contribution < 1.29 is 32.9 Å². The molecule has 4 saturated heterocycles. The quantitative estimate of drug-likeness (QED) is 0.288. The van der Waals surface area contributed by atoms with E-state index in [2.05, 4.69) is 14.9 Å². The molecular formula is C34H36F3N5O4. The van der Waals surface area contributed by atoms with Gasteiger partial charge in [0.15, 0.2) is 5.82 Å². The van der Waals surface area contributed by atoms with Crippen molar-refractivity contribution in [3.05, 3.63) is 47.7 Å². The number of fused-ring (bicyclic) bond motifs is 5. The number of hydrogen-bond acceptors (Lipinski definition) is 9. The molecule has 0 spiro atoms. The summed E-state index contributed by atoms with van der Waals surface area (Å²) in [6.07, 6.45) is 4.32. The van der Waals surface area contributed by atoms with Crippen LogP contribution in [0.1, 0.15) is 44.6 Å². The second-order valence-corrected chi connectivity index (χ2v) is 13.3. The lowest BCUT2D eigenvalue weighted by Gasteiger charge is -2.31. The SMILES string of the molecule is CCc1c(F)ccc2cc(O)cc(-c3ncc4c(N5CC6(CO)CC5CCO6)nc(OC[C@@]56CCCN5C[C@H](F)C6)nc4c3F)c12. The van der Waals surface area contributed by atoms with Gasteiger partial charge in [-0.3, -0.25) is 9.88 Å². The van der Waals surface area contributed by atoms with E-state index in [9.17, 15) is 19.0 Å². The number of aliphatic hydroxyl groups is 1. The number of aromatic nitrogens is 3. The maximum Gasteiger partial charge on any atom is 0.319 e. The van der Waals surface area contributed by atoms with Gasteiger partial charge in [0, 0.05) is 43.8 Å². The Hall–Kier alpha value is -3.74. The standard InChI is InChI=1S/C34H36F3N5O4/c1-2-23-26(36)5-4-19-10-22(44)11-24(27(19)23)29-28(37)30-25(14-38-29)31(42-16-34(17-43)13-21(42)6-9-46-34)40-32(39-30)45-18-33-7-3-8-41(33)15-20(35)12-33/h4-5,10-11,14,20-21,43-44H,2-3,6-9,12-13,15-18H2,1H3/t20-,21?,33+,34?/m1/s1. The van der Waals surface area contributed by atoms with Crippen molar-refractivity contribution in [2.75, 3.05) is 44.4 Å². The third-order valence-corrected chi connectivity index (χ3v) is 10.6. The molecule has 0 amide bonds. The van der Waals surface area contributed by atoms with Crippen LogP contribution in [0, 0.1) is 11.6 Å². The highest BCUT2D eigenvalue weighted by molar-refractivity contribution is 6.01. The Balaban J connectivity index is 1.29. The van der Waals surface area contributed by atoms with E-state index in [4.69, 9.17) is 14.5 Å². The summed E-state index contributed by atoms with van der Waals surface area (Å²) < 4.78 is 58.6. The molecule has 4 aromatic rings. The molecule has 46 heavy (non-hydrogen) atoms. The molecule has 2 bridgehead atoms. The Labute approximate surface area is 264 Å². The largest absolute Gasteiger partial charge is 0.508 e. The molecule has 9 nitrogen and oxygen atoms in total. The molecule has 0 saturated carbocycles. The van der Waals surface area contributed by atoms with Gasteiger partial charge in [0.1, 0.15) is 47.0 Å². The predicted molar refractivity (Wildman–Crippen MR) is 166 cm³/mol. The van der Waals surface area contributed by atoms with Crippen LogP contribution in [0.5, 0.6) is 11.8 Å². The molecule has 2 aromatic heterocycles. The highest BCUT2D eigenvalue weighted by Gasteiger charge is 2.50. The smallest absolute Gasteiger partial charge is 0.319 e. The van der Waals surface area contributed by atoms with Crippen molar-refractivity contribution in [2.45, 2.75) is 68.8 Å². The number of phenols is 1. The molecule has 4 fully saturated rings. The van der Waals surface area contributed by atoms with Gasteiger partial charge in [0.05, 0.1) is 24.1 Å². The van der Waals surface area contributed by atoms with E-state index >= 15 is 4.39 Å². The minimum absolute atomic E-state index is 0.00858. The van der Waals surface area contributed by atoms with Crippen LogP contribution in [0.15, 0.2) is 30.5 Å². The predicted octanol–water partition coefficient (Wildman–Crippen LogP) is 5.08. The zero-order valence-corrected chi connectivity index (χ0v) is 25.6. The lowest BCUT2D eigenvalue weighted by atomic mass is 9.94. The summed E-state index contributed by atoms with van der Waals surface area (Å²) in [4.78, 5) is 18.0. The third kappa shape index (κ3) is 4.59. The molecule has 8 rings (SSSR count). The van der Waals surface area contributed by atoms with Crippen LogP contribution in [0.4, 0.5) is 19.0 Å². The lowest BCUT2D eigenvalue weighted by Crippen LogP contribution is -2.43. The van der Waals surface area contributed by atoms with Gasteiger partial charge in [-0.05, 0) is 66.8 Å². The van der Waals surface area contributed by atoms with Gasteiger partial charge >= 0.3 is 6.01 Å². The van der Waals surface area contributed by atoms with Crippen LogP contribution in [-0.4, -0.2) is 92.9 Å². The fraction of sp³-hybridized carbons (Fsp3) is 0.500. The third-order valence-electron chi connectivity index (χ3n) is 10.6. The molecule has 12 heteroatoms. The summed E-state index contributed by atoms with van der Waals surface area (Å²) >= 11 is 0. The molecule has 4 atom stereocenters. The van der Waals surface area contributed by atoms with Gasteiger partial charge in [-0.25, -0.2) is 13.2 Å². The molecular weight excluding hydrogens is 599 g/mol. The topological polar surface area (TPSA) is 104 Å². The zero-order valence-electron chi connectivity index (χ0n) is 25.6. The van der Waals surface area contributed by atoms with E-state index in [1.165, 1.54) is 24.4 Å². The molecule has 2 N–H and O–H groups in total. The highest BCUT2D eigenvalue weighted by atomic mass is 19.1. The summed E-state index contributed by atoms with van der Waals surface area (Å²) in [6.45, 7) is 3.82. The van der Waals surface area contributed by atoms with Gasteiger partial charge in [-0.1, -0.05) is 13.0 Å². The summed E-state index contributed by atoms with van der Waals surface area (Å²) in [5.41, 5.74) is -0.693. The number of pyridine rings is 1. The maximum atomic E-state index is 16.9. The molecule has 4 aliphatic heterocycles. The number of aryl methyl sites for hydroxylation is 1. The van der Waals surface area contributed by atoms with Crippen LogP contribution < -0.4 is 9.64 Å². The first kappa shape index (κ1) is 29.6. The van der Waals surface area contributed by atoms with E-state index in [0.717, 1.165) is 19.4 Å².